The second kappa shape index (κ2) is 13.1. The fraction of sp³-hybridized carbons (Fsp3) is 0.464. The van der Waals surface area contributed by atoms with Gasteiger partial charge >= 0.3 is 0 Å². The summed E-state index contributed by atoms with van der Waals surface area (Å²) in [5.41, 5.74) is 7.33. The van der Waals surface area contributed by atoms with Crippen molar-refractivity contribution < 1.29 is 23.9 Å². The first-order valence-corrected chi connectivity index (χ1v) is 12.7. The summed E-state index contributed by atoms with van der Waals surface area (Å²) < 4.78 is 11.3. The zero-order chi connectivity index (χ0) is 26.9. The zero-order valence-electron chi connectivity index (χ0n) is 22.3. The highest BCUT2D eigenvalue weighted by Crippen LogP contribution is 2.31. The van der Waals surface area contributed by atoms with Crippen LogP contribution in [0.5, 0.6) is 11.5 Å². The van der Waals surface area contributed by atoms with E-state index in [0.29, 0.717) is 24.5 Å². The molecule has 2 aromatic rings. The van der Waals surface area contributed by atoms with Crippen LogP contribution in [0.15, 0.2) is 36.4 Å². The minimum atomic E-state index is -0.735. The second-order valence-corrected chi connectivity index (χ2v) is 9.43. The molecule has 3 rings (SSSR count). The Morgan fingerprint density at radius 3 is 2.41 bits per heavy atom. The molecular formula is C28H38N4O5. The highest BCUT2D eigenvalue weighted by Gasteiger charge is 2.25. The van der Waals surface area contributed by atoms with Crippen LogP contribution < -0.4 is 20.1 Å². The molecule has 2 aromatic carbocycles. The molecule has 0 atom stereocenters. The topological polar surface area (TPSA) is 105 Å². The monoisotopic (exact) mass is 510 g/mol. The number of benzene rings is 2. The van der Waals surface area contributed by atoms with Crippen LogP contribution in [-0.2, 0) is 4.79 Å². The van der Waals surface area contributed by atoms with Gasteiger partial charge in [0.25, 0.3) is 11.8 Å². The molecule has 1 aliphatic rings. The summed E-state index contributed by atoms with van der Waals surface area (Å²) in [4.78, 5) is 43.5. The van der Waals surface area contributed by atoms with Crippen molar-refractivity contribution in [2.75, 3.05) is 58.9 Å². The molecule has 0 aliphatic carbocycles. The number of hydrogen-bond donors (Lipinski definition) is 1. The van der Waals surface area contributed by atoms with Crippen LogP contribution >= 0.6 is 0 Å². The lowest BCUT2D eigenvalue weighted by Gasteiger charge is -2.32. The first kappa shape index (κ1) is 28.0. The number of carbonyl (C=O) groups is 3. The first-order valence-electron chi connectivity index (χ1n) is 12.7. The number of aryl methyl sites for hydroxylation is 1. The van der Waals surface area contributed by atoms with Crippen molar-refractivity contribution in [1.29, 1.82) is 0 Å². The standard InChI is InChI=1S/C28H38N4O5/c1-20-12-13-22(31(3)28(35)21-9-8-10-23(36-4)26(21)27(29)34)24(19-20)37-18-7-5-6-11-25(33)32-16-14-30(2)15-17-32/h8-10,12-13,19H,5-7,11,14-18H2,1-4H3,(H2,29,34). The summed E-state index contributed by atoms with van der Waals surface area (Å²) >= 11 is 0. The molecule has 0 spiro atoms. The number of hydrogen-bond acceptors (Lipinski definition) is 6. The molecule has 200 valence electrons. The third kappa shape index (κ3) is 7.22. The molecule has 37 heavy (non-hydrogen) atoms. The second-order valence-electron chi connectivity index (χ2n) is 9.43. The van der Waals surface area contributed by atoms with Crippen molar-refractivity contribution in [2.45, 2.75) is 32.6 Å². The van der Waals surface area contributed by atoms with Crippen LogP contribution in [0.4, 0.5) is 5.69 Å². The van der Waals surface area contributed by atoms with Gasteiger partial charge in [-0.05, 0) is 63.1 Å². The maximum atomic E-state index is 13.4. The molecule has 3 amide bonds. The van der Waals surface area contributed by atoms with Crippen LogP contribution in [-0.4, -0.2) is 81.5 Å². The number of primary amides is 1. The SMILES string of the molecule is COc1cccc(C(=O)N(C)c2ccc(C)cc2OCCCCCC(=O)N2CCN(C)CC2)c1C(N)=O. The van der Waals surface area contributed by atoms with E-state index >= 15 is 0 Å². The third-order valence-corrected chi connectivity index (χ3v) is 6.65. The number of carbonyl (C=O) groups excluding carboxylic acids is 3. The maximum absolute atomic E-state index is 13.4. The van der Waals surface area contributed by atoms with Crippen molar-refractivity contribution >= 4 is 23.4 Å². The van der Waals surface area contributed by atoms with Gasteiger partial charge in [-0.15, -0.1) is 0 Å². The number of methoxy groups -OCH3 is 1. The van der Waals surface area contributed by atoms with Gasteiger partial charge in [-0.1, -0.05) is 12.1 Å². The summed E-state index contributed by atoms with van der Waals surface area (Å²) in [5, 5.41) is 0. The molecule has 1 fully saturated rings. The smallest absolute Gasteiger partial charge is 0.259 e. The average molecular weight is 511 g/mol. The average Bonchev–Trinajstić information content (AvgIpc) is 2.89. The number of ether oxygens (including phenoxy) is 2. The minimum Gasteiger partial charge on any atom is -0.496 e. The Morgan fingerprint density at radius 2 is 1.73 bits per heavy atom. The first-order chi connectivity index (χ1) is 17.7. The number of amides is 3. The van der Waals surface area contributed by atoms with Gasteiger partial charge < -0.3 is 29.9 Å². The van der Waals surface area contributed by atoms with E-state index in [1.54, 1.807) is 25.2 Å². The number of piperazine rings is 1. The van der Waals surface area contributed by atoms with E-state index in [4.69, 9.17) is 15.2 Å². The van der Waals surface area contributed by atoms with Crippen LogP contribution in [0.1, 0.15) is 52.0 Å². The van der Waals surface area contributed by atoms with E-state index in [-0.39, 0.29) is 22.8 Å². The van der Waals surface area contributed by atoms with E-state index in [1.807, 2.05) is 30.0 Å². The van der Waals surface area contributed by atoms with Gasteiger partial charge in [-0.3, -0.25) is 14.4 Å². The number of rotatable bonds is 11. The lowest BCUT2D eigenvalue weighted by molar-refractivity contribution is -0.132. The highest BCUT2D eigenvalue weighted by atomic mass is 16.5. The minimum absolute atomic E-state index is 0.0440. The van der Waals surface area contributed by atoms with E-state index in [9.17, 15) is 14.4 Å². The number of likely N-dealkylation sites (N-methyl/N-ethyl adjacent to an activating group) is 1. The molecular weight excluding hydrogens is 472 g/mol. The summed E-state index contributed by atoms with van der Waals surface area (Å²) in [5.74, 6) is -0.0846. The Labute approximate surface area is 219 Å². The Kier molecular flexibility index (Phi) is 9.91. The summed E-state index contributed by atoms with van der Waals surface area (Å²) in [6.07, 6.45) is 3.04. The molecule has 0 unspecified atom stereocenters. The van der Waals surface area contributed by atoms with Gasteiger partial charge in [0.15, 0.2) is 0 Å². The molecule has 1 aliphatic heterocycles. The van der Waals surface area contributed by atoms with Crippen molar-refractivity contribution in [2.24, 2.45) is 5.73 Å². The number of anilines is 1. The fourth-order valence-electron chi connectivity index (χ4n) is 4.39. The Hall–Kier alpha value is -3.59. The van der Waals surface area contributed by atoms with Gasteiger partial charge in [-0.2, -0.15) is 0 Å². The van der Waals surface area contributed by atoms with Crippen molar-refractivity contribution in [1.82, 2.24) is 9.80 Å². The van der Waals surface area contributed by atoms with Gasteiger partial charge in [0, 0.05) is 39.6 Å². The van der Waals surface area contributed by atoms with E-state index in [2.05, 4.69) is 11.9 Å². The van der Waals surface area contributed by atoms with Crippen molar-refractivity contribution in [3.63, 3.8) is 0 Å². The summed E-state index contributed by atoms with van der Waals surface area (Å²) in [6, 6.07) is 10.4. The van der Waals surface area contributed by atoms with E-state index in [1.165, 1.54) is 12.0 Å². The van der Waals surface area contributed by atoms with E-state index < -0.39 is 11.8 Å². The lowest BCUT2D eigenvalue weighted by atomic mass is 10.0. The molecule has 1 heterocycles. The zero-order valence-corrected chi connectivity index (χ0v) is 22.3. The molecule has 9 nitrogen and oxygen atoms in total. The number of nitrogens with zero attached hydrogens (tertiary/aromatic N) is 3. The highest BCUT2D eigenvalue weighted by molar-refractivity contribution is 6.14. The summed E-state index contributed by atoms with van der Waals surface area (Å²) in [7, 11) is 5.13. The normalized spacial score (nSPS) is 13.8. The quantitative estimate of drug-likeness (QED) is 0.466. The van der Waals surface area contributed by atoms with Crippen LogP contribution in [0.25, 0.3) is 0 Å². The fourth-order valence-corrected chi connectivity index (χ4v) is 4.39. The van der Waals surface area contributed by atoms with Crippen molar-refractivity contribution in [3.8, 4) is 11.5 Å². The van der Waals surface area contributed by atoms with Gasteiger partial charge in [0.1, 0.15) is 11.5 Å². The summed E-state index contributed by atoms with van der Waals surface area (Å²) in [6.45, 7) is 5.88. The molecule has 2 N–H and O–H groups in total. The van der Waals surface area contributed by atoms with Crippen LogP contribution in [0, 0.1) is 6.92 Å². The molecule has 9 heteroatoms. The largest absolute Gasteiger partial charge is 0.496 e. The number of nitrogens with two attached hydrogens (primary N) is 1. The molecule has 0 radical (unpaired) electrons. The predicted molar refractivity (Wildman–Crippen MR) is 143 cm³/mol. The van der Waals surface area contributed by atoms with Gasteiger partial charge in [0.05, 0.1) is 30.5 Å². The van der Waals surface area contributed by atoms with Crippen molar-refractivity contribution in [3.05, 3.63) is 53.1 Å². The molecule has 0 aromatic heterocycles. The van der Waals surface area contributed by atoms with Gasteiger partial charge in [-0.25, -0.2) is 0 Å². The van der Waals surface area contributed by atoms with E-state index in [0.717, 1.165) is 51.0 Å². The Morgan fingerprint density at radius 1 is 1.00 bits per heavy atom. The Bertz CT molecular complexity index is 1110. The molecule has 0 bridgehead atoms. The predicted octanol–water partition coefficient (Wildman–Crippen LogP) is 3.09. The lowest BCUT2D eigenvalue weighted by Crippen LogP contribution is -2.47. The van der Waals surface area contributed by atoms with Crippen LogP contribution in [0.3, 0.4) is 0 Å². The molecule has 1 saturated heterocycles. The number of unbranched alkanes of at least 4 members (excludes halogenated alkanes) is 2. The molecule has 0 saturated carbocycles. The Balaban J connectivity index is 1.58. The third-order valence-electron chi connectivity index (χ3n) is 6.65. The maximum Gasteiger partial charge on any atom is 0.259 e. The van der Waals surface area contributed by atoms with Crippen LogP contribution in [0.2, 0.25) is 0 Å². The van der Waals surface area contributed by atoms with Gasteiger partial charge in [0.2, 0.25) is 5.91 Å².